The number of unbranched alkanes of at least 4 members (excludes halogenated alkanes) is 2. The normalized spacial score (nSPS) is 18.1. The van der Waals surface area contributed by atoms with Crippen LogP contribution < -0.4 is 0 Å². The van der Waals surface area contributed by atoms with Gasteiger partial charge in [0.25, 0.3) is 0 Å². The molecule has 1 aromatic heterocycles. The molecule has 1 aliphatic rings. The molecule has 1 unspecified atom stereocenters. The van der Waals surface area contributed by atoms with Crippen molar-refractivity contribution in [3.63, 3.8) is 0 Å². The first-order chi connectivity index (χ1) is 10.4. The largest absolute Gasteiger partial charge is 0.379 e. The molecule has 0 aliphatic carbocycles. The Hall–Kier alpha value is -0.970. The van der Waals surface area contributed by atoms with Crippen molar-refractivity contribution < 1.29 is 4.74 Å². The minimum absolute atomic E-state index is 0.470. The van der Waals surface area contributed by atoms with Crippen molar-refractivity contribution in [3.05, 3.63) is 29.3 Å². The number of hydrogen-bond donors (Lipinski definition) is 0. The topological polar surface area (TPSA) is 25.4 Å². The summed E-state index contributed by atoms with van der Waals surface area (Å²) in [6, 6.07) is 8.95. The number of ether oxygens (including phenoxy) is 1. The number of fused-ring (bicyclic) bond motifs is 1. The number of para-hydroxylation sites is 1. The second-order valence-electron chi connectivity index (χ2n) is 5.68. The van der Waals surface area contributed by atoms with Gasteiger partial charge >= 0.3 is 0 Å². The van der Waals surface area contributed by atoms with E-state index in [1.807, 2.05) is 11.3 Å². The molecule has 2 aromatic rings. The summed E-state index contributed by atoms with van der Waals surface area (Å²) in [5.74, 6) is 0. The van der Waals surface area contributed by atoms with Crippen LogP contribution in [0.1, 0.15) is 43.7 Å². The summed E-state index contributed by atoms with van der Waals surface area (Å²) in [7, 11) is 0. The Bertz CT molecular complexity index is 530. The first-order valence-corrected chi connectivity index (χ1v) is 8.87. The molecule has 4 heteroatoms. The maximum Gasteiger partial charge on any atom is 0.111 e. The first kappa shape index (κ1) is 14.9. The van der Waals surface area contributed by atoms with Crippen molar-refractivity contribution in [1.29, 1.82) is 0 Å². The van der Waals surface area contributed by atoms with Crippen LogP contribution in [0.25, 0.3) is 10.2 Å². The number of morpholine rings is 1. The fourth-order valence-electron chi connectivity index (χ4n) is 2.97. The van der Waals surface area contributed by atoms with Crippen LogP contribution in [-0.4, -0.2) is 36.2 Å². The fraction of sp³-hybridized carbons (Fsp3) is 0.588. The molecule has 0 radical (unpaired) electrons. The average Bonchev–Trinajstić information content (AvgIpc) is 2.96. The predicted molar refractivity (Wildman–Crippen MR) is 88.9 cm³/mol. The van der Waals surface area contributed by atoms with Gasteiger partial charge in [-0.05, 0) is 18.6 Å². The van der Waals surface area contributed by atoms with Crippen LogP contribution in [0, 0.1) is 0 Å². The second kappa shape index (κ2) is 7.34. The summed E-state index contributed by atoms with van der Waals surface area (Å²) < 4.78 is 6.82. The van der Waals surface area contributed by atoms with Crippen molar-refractivity contribution in [2.24, 2.45) is 0 Å². The van der Waals surface area contributed by atoms with Crippen LogP contribution in [0.2, 0.25) is 0 Å². The molecular formula is C17H24N2OS. The minimum atomic E-state index is 0.470. The highest BCUT2D eigenvalue weighted by Gasteiger charge is 2.25. The molecule has 3 rings (SSSR count). The lowest BCUT2D eigenvalue weighted by atomic mass is 10.1. The van der Waals surface area contributed by atoms with E-state index in [0.29, 0.717) is 6.04 Å². The minimum Gasteiger partial charge on any atom is -0.379 e. The summed E-state index contributed by atoms with van der Waals surface area (Å²) in [4.78, 5) is 7.47. The van der Waals surface area contributed by atoms with Gasteiger partial charge in [-0.3, -0.25) is 4.90 Å². The Morgan fingerprint density at radius 2 is 2.05 bits per heavy atom. The maximum atomic E-state index is 5.51. The monoisotopic (exact) mass is 304 g/mol. The van der Waals surface area contributed by atoms with E-state index in [4.69, 9.17) is 9.72 Å². The van der Waals surface area contributed by atoms with Gasteiger partial charge in [0.05, 0.1) is 29.5 Å². The molecule has 0 bridgehead atoms. The van der Waals surface area contributed by atoms with Gasteiger partial charge in [0.1, 0.15) is 5.01 Å². The van der Waals surface area contributed by atoms with Gasteiger partial charge < -0.3 is 4.74 Å². The zero-order valence-electron chi connectivity index (χ0n) is 12.8. The molecule has 0 N–H and O–H groups in total. The molecule has 1 atom stereocenters. The molecule has 0 saturated carbocycles. The number of nitrogens with zero attached hydrogens (tertiary/aromatic N) is 2. The third-order valence-electron chi connectivity index (χ3n) is 4.16. The molecule has 0 spiro atoms. The van der Waals surface area contributed by atoms with E-state index in [1.165, 1.54) is 35.4 Å². The second-order valence-corrected chi connectivity index (χ2v) is 6.74. The number of rotatable bonds is 6. The Balaban J connectivity index is 1.81. The van der Waals surface area contributed by atoms with Crippen LogP contribution in [0.5, 0.6) is 0 Å². The lowest BCUT2D eigenvalue weighted by Crippen LogP contribution is -2.39. The van der Waals surface area contributed by atoms with E-state index in [-0.39, 0.29) is 0 Å². The third kappa shape index (κ3) is 3.62. The SMILES string of the molecule is CCCCCC(c1nc2ccccc2s1)N1CCOCC1. The van der Waals surface area contributed by atoms with Crippen molar-refractivity contribution >= 4 is 21.6 Å². The average molecular weight is 304 g/mol. The van der Waals surface area contributed by atoms with Crippen molar-refractivity contribution in [1.82, 2.24) is 9.88 Å². The van der Waals surface area contributed by atoms with Crippen molar-refractivity contribution in [2.75, 3.05) is 26.3 Å². The summed E-state index contributed by atoms with van der Waals surface area (Å²) in [6.45, 7) is 6.05. The Morgan fingerprint density at radius 1 is 1.24 bits per heavy atom. The zero-order chi connectivity index (χ0) is 14.5. The Labute approximate surface area is 130 Å². The van der Waals surface area contributed by atoms with Gasteiger partial charge in [-0.15, -0.1) is 11.3 Å². The smallest absolute Gasteiger partial charge is 0.111 e. The highest BCUT2D eigenvalue weighted by molar-refractivity contribution is 7.18. The molecule has 21 heavy (non-hydrogen) atoms. The molecule has 1 aromatic carbocycles. The standard InChI is InChI=1S/C17H24N2OS/c1-2-3-4-8-15(19-10-12-20-13-11-19)17-18-14-7-5-6-9-16(14)21-17/h5-7,9,15H,2-4,8,10-13H2,1H3. The van der Waals surface area contributed by atoms with Gasteiger partial charge in [0, 0.05) is 13.1 Å². The van der Waals surface area contributed by atoms with Gasteiger partial charge in [-0.2, -0.15) is 0 Å². The number of benzene rings is 1. The molecule has 3 nitrogen and oxygen atoms in total. The van der Waals surface area contributed by atoms with Crippen molar-refractivity contribution in [2.45, 2.75) is 38.6 Å². The van der Waals surface area contributed by atoms with E-state index in [1.54, 1.807) is 0 Å². The van der Waals surface area contributed by atoms with Crippen LogP contribution in [0.15, 0.2) is 24.3 Å². The Morgan fingerprint density at radius 3 is 2.81 bits per heavy atom. The molecule has 2 heterocycles. The van der Waals surface area contributed by atoms with E-state index in [9.17, 15) is 0 Å². The quantitative estimate of drug-likeness (QED) is 0.746. The highest BCUT2D eigenvalue weighted by Crippen LogP contribution is 2.33. The van der Waals surface area contributed by atoms with E-state index < -0.39 is 0 Å². The van der Waals surface area contributed by atoms with Crippen LogP contribution in [0.4, 0.5) is 0 Å². The number of aromatic nitrogens is 1. The molecule has 0 amide bonds. The van der Waals surface area contributed by atoms with E-state index in [2.05, 4.69) is 36.1 Å². The lowest BCUT2D eigenvalue weighted by Gasteiger charge is -2.33. The third-order valence-corrected chi connectivity index (χ3v) is 5.30. The summed E-state index contributed by atoms with van der Waals surface area (Å²) in [5, 5.41) is 1.29. The predicted octanol–water partition coefficient (Wildman–Crippen LogP) is 4.25. The maximum absolute atomic E-state index is 5.51. The fourth-order valence-corrected chi connectivity index (χ4v) is 4.11. The van der Waals surface area contributed by atoms with Crippen LogP contribution in [-0.2, 0) is 4.74 Å². The van der Waals surface area contributed by atoms with Crippen LogP contribution >= 0.6 is 11.3 Å². The Kier molecular flexibility index (Phi) is 5.22. The molecule has 1 saturated heterocycles. The van der Waals surface area contributed by atoms with Gasteiger partial charge in [-0.1, -0.05) is 38.3 Å². The van der Waals surface area contributed by atoms with Crippen LogP contribution in [0.3, 0.4) is 0 Å². The summed E-state index contributed by atoms with van der Waals surface area (Å²) >= 11 is 1.86. The molecule has 1 aliphatic heterocycles. The van der Waals surface area contributed by atoms with Crippen molar-refractivity contribution in [3.8, 4) is 0 Å². The van der Waals surface area contributed by atoms with Gasteiger partial charge in [0.15, 0.2) is 0 Å². The zero-order valence-corrected chi connectivity index (χ0v) is 13.6. The molecule has 1 fully saturated rings. The summed E-state index contributed by atoms with van der Waals surface area (Å²) in [6.07, 6.45) is 5.09. The molecular weight excluding hydrogens is 280 g/mol. The lowest BCUT2D eigenvalue weighted by molar-refractivity contribution is 0.0137. The highest BCUT2D eigenvalue weighted by atomic mass is 32.1. The van der Waals surface area contributed by atoms with Gasteiger partial charge in [-0.25, -0.2) is 4.98 Å². The first-order valence-electron chi connectivity index (χ1n) is 8.05. The van der Waals surface area contributed by atoms with E-state index in [0.717, 1.165) is 31.8 Å². The number of thiazole rings is 1. The summed E-state index contributed by atoms with van der Waals surface area (Å²) in [5.41, 5.74) is 1.14. The van der Waals surface area contributed by atoms with E-state index >= 15 is 0 Å². The molecule has 114 valence electrons. The van der Waals surface area contributed by atoms with Gasteiger partial charge in [0.2, 0.25) is 0 Å². The number of hydrogen-bond acceptors (Lipinski definition) is 4.